The van der Waals surface area contributed by atoms with Gasteiger partial charge in [-0.05, 0) is 31.5 Å². The second-order valence-electron chi connectivity index (χ2n) is 8.59. The summed E-state index contributed by atoms with van der Waals surface area (Å²) in [6.07, 6.45) is 6.87. The number of hydrogen-bond donors (Lipinski definition) is 0. The summed E-state index contributed by atoms with van der Waals surface area (Å²) >= 11 is 6.32. The van der Waals surface area contributed by atoms with Crippen molar-refractivity contribution in [2.24, 2.45) is 11.1 Å². The molecule has 2 unspecified atom stereocenters. The number of hydrogen-bond acceptors (Lipinski definition) is 5. The molecule has 2 atom stereocenters. The Labute approximate surface area is 191 Å². The van der Waals surface area contributed by atoms with Crippen LogP contribution in [-0.2, 0) is 20.8 Å². The van der Waals surface area contributed by atoms with Crippen molar-refractivity contribution in [3.05, 3.63) is 71.3 Å². The van der Waals surface area contributed by atoms with Gasteiger partial charge in [-0.3, -0.25) is 9.78 Å². The van der Waals surface area contributed by atoms with Gasteiger partial charge in [-0.1, -0.05) is 35.0 Å². The van der Waals surface area contributed by atoms with Crippen LogP contribution in [0.2, 0.25) is 5.02 Å². The summed E-state index contributed by atoms with van der Waals surface area (Å²) in [4.78, 5) is 25.7. The van der Waals surface area contributed by atoms with Crippen LogP contribution in [0.4, 0.5) is 0 Å². The van der Waals surface area contributed by atoms with E-state index in [2.05, 4.69) is 20.6 Å². The topological polar surface area (TPSA) is 68.4 Å². The van der Waals surface area contributed by atoms with Gasteiger partial charge in [0.25, 0.3) is 5.91 Å². The lowest BCUT2D eigenvalue weighted by Gasteiger charge is -2.30. The number of oxime groups is 1. The molecule has 0 radical (unpaired) electrons. The maximum atomic E-state index is 13.5. The number of carbonyl (C=O) groups excluding carboxylic acids is 1. The van der Waals surface area contributed by atoms with Crippen molar-refractivity contribution in [1.29, 1.82) is 0 Å². The molecule has 1 amide bonds. The highest BCUT2D eigenvalue weighted by atomic mass is 35.5. The van der Waals surface area contributed by atoms with Crippen molar-refractivity contribution < 1.29 is 14.4 Å². The third kappa shape index (κ3) is 3.98. The van der Waals surface area contributed by atoms with E-state index in [-0.39, 0.29) is 11.8 Å². The molecule has 4 heterocycles. The van der Waals surface area contributed by atoms with Crippen molar-refractivity contribution in [2.45, 2.75) is 25.4 Å². The van der Waals surface area contributed by atoms with Crippen LogP contribution in [0.15, 0.2) is 60.1 Å². The lowest BCUT2D eigenvalue weighted by molar-refractivity contribution is -0.153. The van der Waals surface area contributed by atoms with E-state index in [0.717, 1.165) is 23.2 Å². The number of ether oxygens (including phenoxy) is 1. The number of aromatic nitrogens is 2. The van der Waals surface area contributed by atoms with E-state index < -0.39 is 5.60 Å². The predicted molar refractivity (Wildman–Crippen MR) is 122 cm³/mol. The Bertz CT molecular complexity index is 1180. The van der Waals surface area contributed by atoms with Gasteiger partial charge in [0.1, 0.15) is 0 Å². The fourth-order valence-corrected chi connectivity index (χ4v) is 4.72. The zero-order valence-corrected chi connectivity index (χ0v) is 18.7. The summed E-state index contributed by atoms with van der Waals surface area (Å²) in [7, 11) is 0. The molecule has 0 bridgehead atoms. The van der Waals surface area contributed by atoms with Gasteiger partial charge in [0.2, 0.25) is 5.60 Å². The number of benzene rings is 1. The van der Waals surface area contributed by atoms with E-state index in [1.54, 1.807) is 6.92 Å². The van der Waals surface area contributed by atoms with Gasteiger partial charge in [-0.15, -0.1) is 0 Å². The first-order valence-electron chi connectivity index (χ1n) is 10.8. The molecule has 32 heavy (non-hydrogen) atoms. The molecule has 0 saturated carbocycles. The molecule has 2 aliphatic rings. The number of halogens is 1. The van der Waals surface area contributed by atoms with Gasteiger partial charge < -0.3 is 18.9 Å². The molecular weight excluding hydrogens is 428 g/mol. The third-order valence-electron chi connectivity index (χ3n) is 6.14. The van der Waals surface area contributed by atoms with Gasteiger partial charge in [-0.25, -0.2) is 0 Å². The lowest BCUT2D eigenvalue weighted by Crippen LogP contribution is -2.49. The number of fused-ring (bicyclic) bond motifs is 1. The van der Waals surface area contributed by atoms with Crippen LogP contribution >= 0.6 is 11.6 Å². The molecular formula is C24H25ClN4O3. The molecule has 2 aliphatic heterocycles. The van der Waals surface area contributed by atoms with Gasteiger partial charge in [0.05, 0.1) is 30.1 Å². The Morgan fingerprint density at radius 3 is 3.00 bits per heavy atom. The second kappa shape index (κ2) is 8.56. The minimum Gasteiger partial charge on any atom is -0.379 e. The molecule has 1 aromatic carbocycles. The van der Waals surface area contributed by atoms with E-state index in [4.69, 9.17) is 21.2 Å². The molecule has 5 rings (SSSR count). The van der Waals surface area contributed by atoms with Crippen LogP contribution in [0.25, 0.3) is 5.52 Å². The van der Waals surface area contributed by atoms with Crippen molar-refractivity contribution in [3.8, 4) is 0 Å². The monoisotopic (exact) mass is 452 g/mol. The van der Waals surface area contributed by atoms with Crippen molar-refractivity contribution >= 4 is 28.7 Å². The average Bonchev–Trinajstić information content (AvgIpc) is 3.37. The maximum absolute atomic E-state index is 13.5. The highest BCUT2D eigenvalue weighted by molar-refractivity contribution is 6.34. The number of rotatable bonds is 4. The van der Waals surface area contributed by atoms with Crippen molar-refractivity contribution in [2.75, 3.05) is 26.3 Å². The summed E-state index contributed by atoms with van der Waals surface area (Å²) in [6.45, 7) is 4.00. The summed E-state index contributed by atoms with van der Waals surface area (Å²) in [6, 6.07) is 11.5. The second-order valence-corrected chi connectivity index (χ2v) is 8.99. The first kappa shape index (κ1) is 21.0. The van der Waals surface area contributed by atoms with Crippen LogP contribution in [0.1, 0.15) is 24.6 Å². The summed E-state index contributed by atoms with van der Waals surface area (Å²) < 4.78 is 7.90. The van der Waals surface area contributed by atoms with E-state index in [1.165, 1.54) is 0 Å². The molecule has 3 aromatic rings. The Hall–Kier alpha value is -2.90. The highest BCUT2D eigenvalue weighted by Gasteiger charge is 2.45. The Balaban J connectivity index is 1.30. The Morgan fingerprint density at radius 2 is 2.12 bits per heavy atom. The smallest absolute Gasteiger partial charge is 0.269 e. The van der Waals surface area contributed by atoms with Gasteiger partial charge in [-0.2, -0.15) is 0 Å². The molecule has 0 aliphatic carbocycles. The van der Waals surface area contributed by atoms with Crippen molar-refractivity contribution in [1.82, 2.24) is 14.3 Å². The van der Waals surface area contributed by atoms with E-state index in [9.17, 15) is 4.79 Å². The number of carbonyl (C=O) groups is 1. The van der Waals surface area contributed by atoms with Crippen LogP contribution in [0.3, 0.4) is 0 Å². The summed E-state index contributed by atoms with van der Waals surface area (Å²) in [5.41, 5.74) is 2.53. The molecule has 7 nitrogen and oxygen atoms in total. The Morgan fingerprint density at radius 1 is 1.25 bits per heavy atom. The minimum atomic E-state index is -1.05. The molecule has 8 heteroatoms. The van der Waals surface area contributed by atoms with Crippen LogP contribution in [0, 0.1) is 5.92 Å². The van der Waals surface area contributed by atoms with Crippen molar-refractivity contribution in [3.63, 3.8) is 0 Å². The van der Waals surface area contributed by atoms with Crippen LogP contribution in [0.5, 0.6) is 0 Å². The largest absolute Gasteiger partial charge is 0.379 e. The molecule has 1 fully saturated rings. The first-order valence-corrected chi connectivity index (χ1v) is 11.2. The van der Waals surface area contributed by atoms with E-state index >= 15 is 0 Å². The Kier molecular flexibility index (Phi) is 5.61. The van der Waals surface area contributed by atoms with Gasteiger partial charge in [0, 0.05) is 54.6 Å². The first-order chi connectivity index (χ1) is 15.5. The SMILES string of the molecule is CC1(C(=O)N2CCOCC(Cc3nccn4cccc34)C2)CC(c2ccccc2Cl)=NO1. The molecule has 2 aromatic heterocycles. The van der Waals surface area contributed by atoms with Crippen LogP contribution in [-0.4, -0.2) is 57.8 Å². The van der Waals surface area contributed by atoms with E-state index in [0.29, 0.717) is 43.5 Å². The maximum Gasteiger partial charge on any atom is 0.269 e. The van der Waals surface area contributed by atoms with E-state index in [1.807, 2.05) is 53.8 Å². The quantitative estimate of drug-likeness (QED) is 0.606. The fourth-order valence-electron chi connectivity index (χ4n) is 4.48. The zero-order chi connectivity index (χ0) is 22.1. The van der Waals surface area contributed by atoms with Gasteiger partial charge in [0.15, 0.2) is 0 Å². The highest BCUT2D eigenvalue weighted by Crippen LogP contribution is 2.31. The van der Waals surface area contributed by atoms with Crippen LogP contribution < -0.4 is 0 Å². The zero-order valence-electron chi connectivity index (χ0n) is 17.9. The third-order valence-corrected chi connectivity index (χ3v) is 6.47. The number of amides is 1. The minimum absolute atomic E-state index is 0.0762. The standard InChI is InChI=1S/C24H25ClN4O3/c1-24(14-21(27-32-24)18-5-2-3-6-19(18)25)23(30)29-11-12-31-16-17(15-29)13-20-22-7-4-9-28(22)10-8-26-20/h2-10,17H,11-16H2,1H3. The molecule has 0 N–H and O–H groups in total. The summed E-state index contributed by atoms with van der Waals surface area (Å²) in [5, 5.41) is 4.81. The fraction of sp³-hybridized carbons (Fsp3) is 0.375. The average molecular weight is 453 g/mol. The molecule has 0 spiro atoms. The normalized spacial score (nSPS) is 23.6. The molecule has 1 saturated heterocycles. The lowest BCUT2D eigenvalue weighted by atomic mass is 9.93. The summed E-state index contributed by atoms with van der Waals surface area (Å²) in [5.74, 6) is 0.0664. The molecule has 166 valence electrons. The van der Waals surface area contributed by atoms with Gasteiger partial charge >= 0.3 is 0 Å². The predicted octanol–water partition coefficient (Wildman–Crippen LogP) is 3.59. The number of nitrogens with zero attached hydrogens (tertiary/aromatic N) is 4.